The average molecular weight is 301 g/mol. The number of aromatic nitrogens is 1. The molecule has 21 heavy (non-hydrogen) atoms. The highest BCUT2D eigenvalue weighted by Gasteiger charge is 2.26. The van der Waals surface area contributed by atoms with Crippen molar-refractivity contribution in [2.75, 3.05) is 0 Å². The van der Waals surface area contributed by atoms with Crippen LogP contribution in [-0.4, -0.2) is 16.1 Å². The van der Waals surface area contributed by atoms with Crippen molar-refractivity contribution in [3.8, 4) is 11.3 Å². The smallest absolute Gasteiger partial charge is 0.348 e. The molecule has 1 heterocycles. The number of hydrogen-bond acceptors (Lipinski definition) is 3. The normalized spacial score (nSPS) is 22.1. The molecule has 1 aliphatic carbocycles. The number of carboxylic acids is 1. The van der Waals surface area contributed by atoms with Crippen LogP contribution in [0.5, 0.6) is 0 Å². The largest absolute Gasteiger partial charge is 0.477 e. The van der Waals surface area contributed by atoms with Crippen LogP contribution in [0.25, 0.3) is 11.3 Å². The summed E-state index contributed by atoms with van der Waals surface area (Å²) in [6, 6.07) is 9.62. The zero-order valence-corrected chi connectivity index (χ0v) is 12.9. The third-order valence-electron chi connectivity index (χ3n) is 4.25. The third-order valence-corrected chi connectivity index (χ3v) is 5.46. The van der Waals surface area contributed by atoms with Gasteiger partial charge in [-0.05, 0) is 18.8 Å². The third kappa shape index (κ3) is 3.00. The topological polar surface area (TPSA) is 50.2 Å². The molecule has 0 spiro atoms. The fourth-order valence-electron chi connectivity index (χ4n) is 2.95. The van der Waals surface area contributed by atoms with Crippen molar-refractivity contribution < 1.29 is 9.90 Å². The zero-order chi connectivity index (χ0) is 14.8. The van der Waals surface area contributed by atoms with Crippen molar-refractivity contribution in [1.82, 2.24) is 4.98 Å². The number of benzene rings is 1. The maximum atomic E-state index is 11.5. The average Bonchev–Trinajstić information content (AvgIpc) is 2.94. The number of thiazole rings is 1. The first-order valence-electron chi connectivity index (χ1n) is 7.44. The Hall–Kier alpha value is -1.68. The molecule has 3 rings (SSSR count). The van der Waals surface area contributed by atoms with Crippen LogP contribution in [0.4, 0.5) is 0 Å². The highest BCUT2D eigenvalue weighted by molar-refractivity contribution is 7.14. The Morgan fingerprint density at radius 2 is 1.86 bits per heavy atom. The molecule has 0 bridgehead atoms. The predicted molar refractivity (Wildman–Crippen MR) is 84.9 cm³/mol. The Morgan fingerprint density at radius 1 is 1.19 bits per heavy atom. The molecule has 0 amide bonds. The zero-order valence-electron chi connectivity index (χ0n) is 12.1. The van der Waals surface area contributed by atoms with Gasteiger partial charge in [0.2, 0.25) is 0 Å². The summed E-state index contributed by atoms with van der Waals surface area (Å²) in [6.45, 7) is 2.29. The molecular weight excluding hydrogens is 282 g/mol. The molecule has 1 N–H and O–H groups in total. The highest BCUT2D eigenvalue weighted by Crippen LogP contribution is 2.40. The fraction of sp³-hybridized carbons (Fsp3) is 0.412. The summed E-state index contributed by atoms with van der Waals surface area (Å²) >= 11 is 1.36. The summed E-state index contributed by atoms with van der Waals surface area (Å²) < 4.78 is 0. The molecule has 0 unspecified atom stereocenters. The molecular formula is C17H19NO2S. The van der Waals surface area contributed by atoms with Crippen molar-refractivity contribution in [2.24, 2.45) is 5.92 Å². The van der Waals surface area contributed by atoms with Gasteiger partial charge in [0.05, 0.1) is 10.7 Å². The Balaban J connectivity index is 1.95. The van der Waals surface area contributed by atoms with Crippen molar-refractivity contribution in [1.29, 1.82) is 0 Å². The van der Waals surface area contributed by atoms with Gasteiger partial charge in [0.1, 0.15) is 4.88 Å². The summed E-state index contributed by atoms with van der Waals surface area (Å²) in [7, 11) is 0. The minimum absolute atomic E-state index is 0.370. The molecule has 3 nitrogen and oxygen atoms in total. The monoisotopic (exact) mass is 301 g/mol. The first-order chi connectivity index (χ1) is 10.1. The van der Waals surface area contributed by atoms with Gasteiger partial charge >= 0.3 is 5.97 Å². The molecule has 0 radical (unpaired) electrons. The van der Waals surface area contributed by atoms with Crippen LogP contribution < -0.4 is 0 Å². The molecule has 1 aromatic carbocycles. The molecule has 2 aromatic rings. The fourth-order valence-corrected chi connectivity index (χ4v) is 4.05. The number of hydrogen-bond donors (Lipinski definition) is 1. The van der Waals surface area contributed by atoms with Gasteiger partial charge in [-0.1, -0.05) is 50.1 Å². The Kier molecular flexibility index (Phi) is 4.06. The number of aromatic carboxylic acids is 1. The van der Waals surface area contributed by atoms with Gasteiger partial charge in [-0.25, -0.2) is 9.78 Å². The number of carboxylic acid groups (broad SMARTS) is 1. The van der Waals surface area contributed by atoms with Gasteiger partial charge in [0.15, 0.2) is 0 Å². The second-order valence-corrected chi connectivity index (χ2v) is 6.89. The molecule has 1 aromatic heterocycles. The number of carbonyl (C=O) groups is 1. The van der Waals surface area contributed by atoms with Crippen LogP contribution in [-0.2, 0) is 0 Å². The van der Waals surface area contributed by atoms with Crippen molar-refractivity contribution in [3.05, 3.63) is 40.2 Å². The van der Waals surface area contributed by atoms with E-state index < -0.39 is 5.97 Å². The molecule has 1 saturated carbocycles. The molecule has 1 fully saturated rings. The van der Waals surface area contributed by atoms with E-state index in [2.05, 4.69) is 11.9 Å². The van der Waals surface area contributed by atoms with E-state index in [0.29, 0.717) is 16.5 Å². The summed E-state index contributed by atoms with van der Waals surface area (Å²) in [5.41, 5.74) is 1.52. The van der Waals surface area contributed by atoms with Crippen molar-refractivity contribution in [2.45, 2.75) is 38.5 Å². The summed E-state index contributed by atoms with van der Waals surface area (Å²) in [5, 5.41) is 10.4. The quantitative estimate of drug-likeness (QED) is 0.885. The number of nitrogens with zero attached hydrogens (tertiary/aromatic N) is 1. The minimum Gasteiger partial charge on any atom is -0.477 e. The van der Waals surface area contributed by atoms with Crippen LogP contribution >= 0.6 is 11.3 Å². The summed E-state index contributed by atoms with van der Waals surface area (Å²) in [4.78, 5) is 16.6. The lowest BCUT2D eigenvalue weighted by Crippen LogP contribution is -2.10. The van der Waals surface area contributed by atoms with Crippen LogP contribution in [0.3, 0.4) is 0 Å². The summed E-state index contributed by atoms with van der Waals surface area (Å²) in [5.74, 6) is 0.345. The lowest BCUT2D eigenvalue weighted by atomic mass is 9.83. The van der Waals surface area contributed by atoms with E-state index in [1.165, 1.54) is 24.2 Å². The molecule has 4 heteroatoms. The lowest BCUT2D eigenvalue weighted by molar-refractivity contribution is 0.0702. The van der Waals surface area contributed by atoms with E-state index in [1.807, 2.05) is 30.3 Å². The van der Waals surface area contributed by atoms with Crippen LogP contribution in [0.1, 0.15) is 53.2 Å². The van der Waals surface area contributed by atoms with Crippen LogP contribution in [0.15, 0.2) is 30.3 Å². The maximum absolute atomic E-state index is 11.5. The van der Waals surface area contributed by atoms with E-state index in [1.54, 1.807) is 0 Å². The predicted octanol–water partition coefficient (Wildman–Crippen LogP) is 4.80. The Bertz CT molecular complexity index is 627. The van der Waals surface area contributed by atoms with Crippen molar-refractivity contribution >= 4 is 17.3 Å². The van der Waals surface area contributed by atoms with E-state index in [4.69, 9.17) is 0 Å². The lowest BCUT2D eigenvalue weighted by Gasteiger charge is -2.24. The first kappa shape index (κ1) is 14.3. The van der Waals surface area contributed by atoms with E-state index in [9.17, 15) is 9.90 Å². The maximum Gasteiger partial charge on any atom is 0.348 e. The second-order valence-electron chi connectivity index (χ2n) is 5.86. The van der Waals surface area contributed by atoms with E-state index >= 15 is 0 Å². The second kappa shape index (κ2) is 5.98. The number of rotatable bonds is 3. The molecule has 0 atom stereocenters. The molecule has 110 valence electrons. The van der Waals surface area contributed by atoms with Gasteiger partial charge < -0.3 is 5.11 Å². The van der Waals surface area contributed by atoms with Crippen LogP contribution in [0, 0.1) is 5.92 Å². The van der Waals surface area contributed by atoms with Crippen molar-refractivity contribution in [3.63, 3.8) is 0 Å². The summed E-state index contributed by atoms with van der Waals surface area (Å²) in [6.07, 6.45) is 4.69. The SMILES string of the molecule is CC1CCC(c2nc(-c3ccccc3)c(C(=O)O)s2)CC1. The molecule has 0 saturated heterocycles. The molecule has 0 aliphatic heterocycles. The van der Waals surface area contributed by atoms with Crippen LogP contribution in [0.2, 0.25) is 0 Å². The van der Waals surface area contributed by atoms with Gasteiger partial charge in [0, 0.05) is 11.5 Å². The Morgan fingerprint density at radius 3 is 2.48 bits per heavy atom. The van der Waals surface area contributed by atoms with E-state index in [-0.39, 0.29) is 0 Å². The van der Waals surface area contributed by atoms with Gasteiger partial charge in [-0.3, -0.25) is 0 Å². The van der Waals surface area contributed by atoms with Gasteiger partial charge in [-0.2, -0.15) is 0 Å². The minimum atomic E-state index is -0.873. The highest BCUT2D eigenvalue weighted by atomic mass is 32.1. The van der Waals surface area contributed by atoms with E-state index in [0.717, 1.165) is 29.3 Å². The first-order valence-corrected chi connectivity index (χ1v) is 8.26. The standard InChI is InChI=1S/C17H19NO2S/c1-11-7-9-13(10-8-11)16-18-14(15(21-16)17(19)20)12-5-3-2-4-6-12/h2-6,11,13H,7-10H2,1H3,(H,19,20). The van der Waals surface area contributed by atoms with Gasteiger partial charge in [-0.15, -0.1) is 11.3 Å². The Labute approximate surface area is 128 Å². The van der Waals surface area contributed by atoms with Gasteiger partial charge in [0.25, 0.3) is 0 Å². The molecule has 1 aliphatic rings.